The van der Waals surface area contributed by atoms with Crippen LogP contribution in [-0.2, 0) is 9.59 Å². The summed E-state index contributed by atoms with van der Waals surface area (Å²) in [6.45, 7) is 8.83. The molecule has 5 heteroatoms. The first-order valence-corrected chi connectivity index (χ1v) is 12.6. The second-order valence-electron chi connectivity index (χ2n) is 12.0. The van der Waals surface area contributed by atoms with Crippen LogP contribution in [0.3, 0.4) is 0 Å². The Labute approximate surface area is 187 Å². The Kier molecular flexibility index (Phi) is 6.09. The Morgan fingerprint density at radius 2 is 1.84 bits per heavy atom. The number of aliphatic carboxylic acids is 1. The van der Waals surface area contributed by atoms with Gasteiger partial charge in [0.25, 0.3) is 0 Å². The number of carbonyl (C=O) groups excluding carboxylic acids is 1. The lowest BCUT2D eigenvalue weighted by Crippen LogP contribution is -2.64. The lowest BCUT2D eigenvalue weighted by Gasteiger charge is -2.63. The first-order valence-electron chi connectivity index (χ1n) is 12.6. The van der Waals surface area contributed by atoms with Gasteiger partial charge >= 0.3 is 5.97 Å². The van der Waals surface area contributed by atoms with Gasteiger partial charge in [-0.25, -0.2) is 0 Å². The highest BCUT2D eigenvalue weighted by Gasteiger charge is 2.67. The van der Waals surface area contributed by atoms with Crippen LogP contribution in [0.25, 0.3) is 0 Å². The maximum Gasteiger partial charge on any atom is 0.303 e. The molecule has 0 aromatic heterocycles. The number of carboxylic acid groups (broad SMARTS) is 1. The van der Waals surface area contributed by atoms with E-state index in [2.05, 4.69) is 27.7 Å². The normalized spacial score (nSPS) is 50.3. The second-order valence-corrected chi connectivity index (χ2v) is 12.0. The van der Waals surface area contributed by atoms with Crippen molar-refractivity contribution in [3.05, 3.63) is 0 Å². The molecule has 11 atom stereocenters. The number of ketones is 1. The summed E-state index contributed by atoms with van der Waals surface area (Å²) in [5, 5.41) is 31.2. The smallest absolute Gasteiger partial charge is 0.303 e. The van der Waals surface area contributed by atoms with Crippen LogP contribution in [0.4, 0.5) is 0 Å². The number of carbonyl (C=O) groups is 2. The van der Waals surface area contributed by atoms with Gasteiger partial charge in [-0.2, -0.15) is 0 Å². The summed E-state index contributed by atoms with van der Waals surface area (Å²) in [5.74, 6) is 0.743. The van der Waals surface area contributed by atoms with E-state index in [-0.39, 0.29) is 52.9 Å². The van der Waals surface area contributed by atoms with E-state index in [1.165, 1.54) is 0 Å². The summed E-state index contributed by atoms with van der Waals surface area (Å²) in [4.78, 5) is 24.9. The number of aliphatic hydroxyl groups excluding tert-OH is 2. The van der Waals surface area contributed by atoms with Crippen LogP contribution in [-0.4, -0.2) is 39.3 Å². The van der Waals surface area contributed by atoms with Crippen LogP contribution < -0.4 is 0 Å². The quantitative estimate of drug-likeness (QED) is 0.600. The van der Waals surface area contributed by atoms with Crippen LogP contribution in [0.2, 0.25) is 0 Å². The lowest BCUT2D eigenvalue weighted by atomic mass is 9.41. The molecular formula is C26H42O5. The molecule has 5 nitrogen and oxygen atoms in total. The predicted octanol–water partition coefficient (Wildman–Crippen LogP) is 4.29. The fraction of sp³-hybridized carbons (Fsp3) is 0.923. The monoisotopic (exact) mass is 434 g/mol. The highest BCUT2D eigenvalue weighted by molar-refractivity contribution is 5.84. The third-order valence-corrected chi connectivity index (χ3v) is 10.7. The van der Waals surface area contributed by atoms with E-state index in [1.54, 1.807) is 0 Å². The second kappa shape index (κ2) is 8.13. The van der Waals surface area contributed by atoms with Gasteiger partial charge in [-0.05, 0) is 84.9 Å². The number of hydrogen-bond donors (Lipinski definition) is 3. The Morgan fingerprint density at radius 3 is 2.48 bits per heavy atom. The van der Waals surface area contributed by atoms with Crippen molar-refractivity contribution in [1.29, 1.82) is 0 Å². The van der Waals surface area contributed by atoms with Crippen molar-refractivity contribution in [2.24, 2.45) is 52.3 Å². The number of carboxylic acids is 1. The maximum absolute atomic E-state index is 13.8. The number of rotatable bonds is 5. The summed E-state index contributed by atoms with van der Waals surface area (Å²) in [7, 11) is 0. The first kappa shape index (κ1) is 23.2. The van der Waals surface area contributed by atoms with Crippen LogP contribution in [0.1, 0.15) is 85.5 Å². The number of fused-ring (bicyclic) bond motifs is 5. The minimum Gasteiger partial charge on any atom is -0.481 e. The van der Waals surface area contributed by atoms with Crippen molar-refractivity contribution in [1.82, 2.24) is 0 Å². The molecule has 0 aromatic rings. The zero-order chi connectivity index (χ0) is 22.7. The van der Waals surface area contributed by atoms with E-state index in [0.29, 0.717) is 36.9 Å². The Hall–Kier alpha value is -0.940. The van der Waals surface area contributed by atoms with Crippen LogP contribution in [0, 0.1) is 52.3 Å². The van der Waals surface area contributed by atoms with Crippen LogP contribution in [0.15, 0.2) is 0 Å². The summed E-state index contributed by atoms with van der Waals surface area (Å²) in [6, 6.07) is 0. The molecule has 0 radical (unpaired) electrons. The third kappa shape index (κ3) is 3.49. The van der Waals surface area contributed by atoms with Crippen LogP contribution >= 0.6 is 0 Å². The van der Waals surface area contributed by atoms with Crippen molar-refractivity contribution in [2.45, 2.75) is 97.7 Å². The number of hydrogen-bond acceptors (Lipinski definition) is 4. The van der Waals surface area contributed by atoms with Crippen molar-refractivity contribution in [3.63, 3.8) is 0 Å². The minimum atomic E-state index is -0.752. The highest BCUT2D eigenvalue weighted by atomic mass is 16.4. The molecule has 0 saturated heterocycles. The molecule has 4 rings (SSSR count). The largest absolute Gasteiger partial charge is 0.481 e. The lowest BCUT2D eigenvalue weighted by molar-refractivity contribution is -0.202. The molecule has 0 bridgehead atoms. The summed E-state index contributed by atoms with van der Waals surface area (Å²) in [5.41, 5.74) is -0.276. The van der Waals surface area contributed by atoms with Gasteiger partial charge in [0.05, 0.1) is 12.2 Å². The minimum absolute atomic E-state index is 0.00404. The molecule has 31 heavy (non-hydrogen) atoms. The molecule has 0 aliphatic heterocycles. The van der Waals surface area contributed by atoms with Gasteiger partial charge < -0.3 is 15.3 Å². The van der Waals surface area contributed by atoms with E-state index in [9.17, 15) is 19.8 Å². The molecule has 3 unspecified atom stereocenters. The molecule has 176 valence electrons. The van der Waals surface area contributed by atoms with Gasteiger partial charge in [-0.1, -0.05) is 34.1 Å². The van der Waals surface area contributed by atoms with Crippen LogP contribution in [0.5, 0.6) is 0 Å². The third-order valence-electron chi connectivity index (χ3n) is 10.7. The fourth-order valence-corrected chi connectivity index (χ4v) is 9.29. The predicted molar refractivity (Wildman–Crippen MR) is 118 cm³/mol. The van der Waals surface area contributed by atoms with Gasteiger partial charge in [-0.3, -0.25) is 9.59 Å². The van der Waals surface area contributed by atoms with E-state index < -0.39 is 12.1 Å². The molecule has 0 amide bonds. The van der Waals surface area contributed by atoms with E-state index >= 15 is 0 Å². The van der Waals surface area contributed by atoms with Gasteiger partial charge in [0.1, 0.15) is 5.78 Å². The SMILES string of the molecule is CC[C@H]1[C@@H](O)C2C3CC[C@H]([C@H](C)CCC(=O)O)[C@@]3(C)CC(=O)C2[C@@]2(C)CC[C@@H](O)C[C@@H]12. The summed E-state index contributed by atoms with van der Waals surface area (Å²) >= 11 is 0. The Balaban J connectivity index is 1.67. The number of aliphatic hydroxyl groups is 2. The molecule has 0 spiro atoms. The molecule has 4 fully saturated rings. The van der Waals surface area contributed by atoms with Gasteiger partial charge in [0, 0.05) is 18.8 Å². The van der Waals surface area contributed by atoms with Crippen molar-refractivity contribution < 1.29 is 24.9 Å². The molecule has 4 aliphatic rings. The van der Waals surface area contributed by atoms with E-state index in [4.69, 9.17) is 5.11 Å². The zero-order valence-corrected chi connectivity index (χ0v) is 19.7. The topological polar surface area (TPSA) is 94.8 Å². The van der Waals surface area contributed by atoms with Crippen molar-refractivity contribution >= 4 is 11.8 Å². The molecule has 3 N–H and O–H groups in total. The average Bonchev–Trinajstić information content (AvgIpc) is 3.04. The van der Waals surface area contributed by atoms with E-state index in [0.717, 1.165) is 32.1 Å². The van der Waals surface area contributed by atoms with Crippen molar-refractivity contribution in [3.8, 4) is 0 Å². The molecule has 0 aromatic carbocycles. The summed E-state index contributed by atoms with van der Waals surface area (Å²) in [6.07, 6.45) is 5.88. The molecule has 4 aliphatic carbocycles. The van der Waals surface area contributed by atoms with Gasteiger partial charge in [0.15, 0.2) is 0 Å². The Bertz CT molecular complexity index is 721. The van der Waals surface area contributed by atoms with Gasteiger partial charge in [0.2, 0.25) is 0 Å². The molecule has 0 heterocycles. The molecule has 4 saturated carbocycles. The Morgan fingerprint density at radius 1 is 1.13 bits per heavy atom. The van der Waals surface area contributed by atoms with Crippen molar-refractivity contribution in [2.75, 3.05) is 0 Å². The standard InChI is InChI=1S/C26H42O5/c1-5-16-19-12-15(27)10-11-25(19,3)23-20(28)13-26(4)17(14(2)6-9-21(29)30)7-8-18(26)22(23)24(16)31/h14-19,22-24,27,31H,5-13H2,1-4H3,(H,29,30)/t14-,15-,16-,17-,18?,19+,22?,23?,24-,25+,26-/m1/s1. The maximum atomic E-state index is 13.8. The summed E-state index contributed by atoms with van der Waals surface area (Å²) < 4.78 is 0. The van der Waals surface area contributed by atoms with E-state index in [1.807, 2.05) is 0 Å². The average molecular weight is 435 g/mol. The molecular weight excluding hydrogens is 392 g/mol. The number of Topliss-reactive ketones (excluding diaryl/α,β-unsaturated/α-hetero) is 1. The highest BCUT2D eigenvalue weighted by Crippen LogP contribution is 2.68. The fourth-order valence-electron chi connectivity index (χ4n) is 9.29. The van der Waals surface area contributed by atoms with Gasteiger partial charge in [-0.15, -0.1) is 0 Å². The zero-order valence-electron chi connectivity index (χ0n) is 19.7. The first-order chi connectivity index (χ1) is 14.5.